The first-order chi connectivity index (χ1) is 9.95. The molecule has 0 aliphatic carbocycles. The first-order valence-electron chi connectivity index (χ1n) is 6.44. The lowest BCUT2D eigenvalue weighted by atomic mass is 10.1. The molecule has 0 aliphatic rings. The van der Waals surface area contributed by atoms with Gasteiger partial charge < -0.3 is 15.7 Å². The normalized spacial score (nSPS) is 10.0. The lowest BCUT2D eigenvalue weighted by Crippen LogP contribution is -2.29. The van der Waals surface area contributed by atoms with Crippen LogP contribution in [0.25, 0.3) is 0 Å². The summed E-state index contributed by atoms with van der Waals surface area (Å²) in [4.78, 5) is 23.7. The number of nitrogens with one attached hydrogen (secondary N) is 2. The summed E-state index contributed by atoms with van der Waals surface area (Å²) in [5.74, 6) is -1.53. The second kappa shape index (κ2) is 6.09. The van der Waals surface area contributed by atoms with Crippen molar-refractivity contribution >= 4 is 23.2 Å². The van der Waals surface area contributed by atoms with E-state index >= 15 is 0 Å². The van der Waals surface area contributed by atoms with Crippen LogP contribution in [0.1, 0.15) is 11.1 Å². The average Bonchev–Trinajstić information content (AvgIpc) is 2.41. The Hall–Kier alpha value is -2.82. The maximum Gasteiger partial charge on any atom is 0.314 e. The van der Waals surface area contributed by atoms with Crippen molar-refractivity contribution in [3.63, 3.8) is 0 Å². The number of hydrogen-bond acceptors (Lipinski definition) is 3. The third kappa shape index (κ3) is 3.82. The molecule has 2 amide bonds. The zero-order valence-corrected chi connectivity index (χ0v) is 11.8. The molecule has 0 fully saturated rings. The quantitative estimate of drug-likeness (QED) is 0.742. The molecule has 5 nitrogen and oxygen atoms in total. The van der Waals surface area contributed by atoms with Crippen LogP contribution in [-0.4, -0.2) is 16.9 Å². The van der Waals surface area contributed by atoms with Gasteiger partial charge in [-0.3, -0.25) is 9.59 Å². The van der Waals surface area contributed by atoms with Crippen LogP contribution in [0.4, 0.5) is 11.4 Å². The van der Waals surface area contributed by atoms with Crippen LogP contribution in [0, 0.1) is 13.8 Å². The van der Waals surface area contributed by atoms with Gasteiger partial charge in [-0.15, -0.1) is 0 Å². The Morgan fingerprint density at radius 1 is 0.952 bits per heavy atom. The summed E-state index contributed by atoms with van der Waals surface area (Å²) in [5, 5.41) is 14.3. The summed E-state index contributed by atoms with van der Waals surface area (Å²) in [5.41, 5.74) is 2.91. The molecule has 0 radical (unpaired) electrons. The minimum absolute atomic E-state index is 0.0163. The van der Waals surface area contributed by atoms with Gasteiger partial charge in [-0.1, -0.05) is 23.8 Å². The minimum atomic E-state index is -0.791. The molecule has 0 aromatic heterocycles. The number of anilines is 2. The van der Waals surface area contributed by atoms with E-state index in [1.165, 1.54) is 12.1 Å². The number of aromatic hydroxyl groups is 1. The molecule has 0 atom stereocenters. The first-order valence-corrected chi connectivity index (χ1v) is 6.44. The van der Waals surface area contributed by atoms with Crippen LogP contribution in [0.5, 0.6) is 5.75 Å². The lowest BCUT2D eigenvalue weighted by Gasteiger charge is -2.09. The van der Waals surface area contributed by atoms with E-state index in [-0.39, 0.29) is 5.75 Å². The second-order valence-electron chi connectivity index (χ2n) is 4.78. The Morgan fingerprint density at radius 3 is 2.33 bits per heavy atom. The van der Waals surface area contributed by atoms with E-state index in [1.807, 2.05) is 26.0 Å². The fraction of sp³-hybridized carbons (Fsp3) is 0.125. The van der Waals surface area contributed by atoms with Crippen molar-refractivity contribution in [2.75, 3.05) is 10.6 Å². The molecule has 0 bridgehead atoms. The molecule has 5 heteroatoms. The molecule has 0 spiro atoms. The fourth-order valence-corrected chi connectivity index (χ4v) is 1.90. The van der Waals surface area contributed by atoms with E-state index in [4.69, 9.17) is 0 Å². The van der Waals surface area contributed by atoms with E-state index < -0.39 is 11.8 Å². The van der Waals surface area contributed by atoms with Gasteiger partial charge >= 0.3 is 11.8 Å². The predicted octanol–water partition coefficient (Wildman–Crippen LogP) is 2.59. The molecule has 0 aliphatic heterocycles. The monoisotopic (exact) mass is 284 g/mol. The van der Waals surface area contributed by atoms with Crippen LogP contribution in [-0.2, 0) is 9.59 Å². The van der Waals surface area contributed by atoms with Gasteiger partial charge in [-0.05, 0) is 37.6 Å². The Bertz CT molecular complexity index is 696. The molecule has 21 heavy (non-hydrogen) atoms. The Morgan fingerprint density at radius 2 is 1.67 bits per heavy atom. The number of phenols is 1. The van der Waals surface area contributed by atoms with Crippen molar-refractivity contribution < 1.29 is 14.7 Å². The summed E-state index contributed by atoms with van der Waals surface area (Å²) in [6, 6.07) is 11.5. The molecular weight excluding hydrogens is 268 g/mol. The van der Waals surface area contributed by atoms with Crippen LogP contribution in [0.2, 0.25) is 0 Å². The molecule has 3 N–H and O–H groups in total. The lowest BCUT2D eigenvalue weighted by molar-refractivity contribution is -0.133. The molecule has 0 unspecified atom stereocenters. The second-order valence-corrected chi connectivity index (χ2v) is 4.78. The van der Waals surface area contributed by atoms with Gasteiger partial charge in [0.05, 0.1) is 0 Å². The zero-order chi connectivity index (χ0) is 15.4. The molecule has 0 saturated heterocycles. The Balaban J connectivity index is 2.04. The number of benzene rings is 2. The highest BCUT2D eigenvalue weighted by atomic mass is 16.3. The van der Waals surface area contributed by atoms with Crippen molar-refractivity contribution in [2.24, 2.45) is 0 Å². The minimum Gasteiger partial charge on any atom is -0.508 e. The fourth-order valence-electron chi connectivity index (χ4n) is 1.90. The van der Waals surface area contributed by atoms with E-state index in [0.717, 1.165) is 11.1 Å². The van der Waals surface area contributed by atoms with E-state index in [0.29, 0.717) is 11.4 Å². The summed E-state index contributed by atoms with van der Waals surface area (Å²) in [7, 11) is 0. The highest BCUT2D eigenvalue weighted by molar-refractivity contribution is 6.43. The molecular formula is C16H16N2O3. The number of phenolic OH excluding ortho intramolecular Hbond substituents is 1. The highest BCUT2D eigenvalue weighted by Gasteiger charge is 2.15. The number of rotatable bonds is 2. The average molecular weight is 284 g/mol. The molecule has 108 valence electrons. The van der Waals surface area contributed by atoms with Gasteiger partial charge in [-0.25, -0.2) is 0 Å². The summed E-state index contributed by atoms with van der Waals surface area (Å²) in [6.07, 6.45) is 0. The summed E-state index contributed by atoms with van der Waals surface area (Å²) >= 11 is 0. The number of carbonyl (C=O) groups excluding carboxylic acids is 2. The van der Waals surface area contributed by atoms with Gasteiger partial charge in [0.1, 0.15) is 5.75 Å². The molecule has 2 rings (SSSR count). The third-order valence-corrected chi connectivity index (χ3v) is 2.94. The van der Waals surface area contributed by atoms with E-state index in [1.54, 1.807) is 18.2 Å². The first kappa shape index (κ1) is 14.6. The van der Waals surface area contributed by atoms with Crippen molar-refractivity contribution in [3.8, 4) is 5.75 Å². The highest BCUT2D eigenvalue weighted by Crippen LogP contribution is 2.17. The Labute approximate surface area is 122 Å². The van der Waals surface area contributed by atoms with Gasteiger partial charge in [0, 0.05) is 17.4 Å². The van der Waals surface area contributed by atoms with E-state index in [9.17, 15) is 14.7 Å². The molecule has 0 heterocycles. The van der Waals surface area contributed by atoms with E-state index in [2.05, 4.69) is 10.6 Å². The maximum absolute atomic E-state index is 11.9. The number of amides is 2. The molecule has 0 saturated carbocycles. The third-order valence-electron chi connectivity index (χ3n) is 2.94. The number of hydrogen-bond donors (Lipinski definition) is 3. The van der Waals surface area contributed by atoms with Crippen molar-refractivity contribution in [3.05, 3.63) is 53.6 Å². The van der Waals surface area contributed by atoms with Crippen LogP contribution < -0.4 is 10.6 Å². The molecule has 2 aromatic rings. The smallest absolute Gasteiger partial charge is 0.314 e. The summed E-state index contributed by atoms with van der Waals surface area (Å²) in [6.45, 7) is 3.81. The van der Waals surface area contributed by atoms with Crippen LogP contribution in [0.15, 0.2) is 42.5 Å². The maximum atomic E-state index is 11.9. The van der Waals surface area contributed by atoms with Gasteiger partial charge in [0.25, 0.3) is 0 Å². The van der Waals surface area contributed by atoms with Gasteiger partial charge in [0.15, 0.2) is 0 Å². The van der Waals surface area contributed by atoms with Crippen LogP contribution >= 0.6 is 0 Å². The molecule has 2 aromatic carbocycles. The topological polar surface area (TPSA) is 78.4 Å². The standard InChI is InChI=1S/C16H16N2O3/c1-10-6-7-14(11(2)8-10)18-16(21)15(20)17-12-4-3-5-13(19)9-12/h3-9,19H,1-2H3,(H,17,20)(H,18,21). The number of carbonyl (C=O) groups is 2. The van der Waals surface area contributed by atoms with Crippen molar-refractivity contribution in [2.45, 2.75) is 13.8 Å². The van der Waals surface area contributed by atoms with Gasteiger partial charge in [-0.2, -0.15) is 0 Å². The Kier molecular flexibility index (Phi) is 4.23. The zero-order valence-electron chi connectivity index (χ0n) is 11.8. The predicted molar refractivity (Wildman–Crippen MR) is 81.3 cm³/mol. The SMILES string of the molecule is Cc1ccc(NC(=O)C(=O)Nc2cccc(O)c2)c(C)c1. The summed E-state index contributed by atoms with van der Waals surface area (Å²) < 4.78 is 0. The van der Waals surface area contributed by atoms with Crippen LogP contribution in [0.3, 0.4) is 0 Å². The number of aryl methyl sites for hydroxylation is 2. The van der Waals surface area contributed by atoms with Gasteiger partial charge in [0.2, 0.25) is 0 Å². The van der Waals surface area contributed by atoms with Crippen molar-refractivity contribution in [1.82, 2.24) is 0 Å². The van der Waals surface area contributed by atoms with Crippen molar-refractivity contribution in [1.29, 1.82) is 0 Å². The largest absolute Gasteiger partial charge is 0.508 e.